The lowest BCUT2D eigenvalue weighted by Gasteiger charge is -2.23. The summed E-state index contributed by atoms with van der Waals surface area (Å²) in [6.07, 6.45) is 3.65. The Morgan fingerprint density at radius 3 is 2.86 bits per heavy atom. The van der Waals surface area contributed by atoms with Gasteiger partial charge in [0.15, 0.2) is 5.96 Å². The number of halogens is 1. The van der Waals surface area contributed by atoms with Gasteiger partial charge >= 0.3 is 0 Å². The molecule has 1 aromatic rings. The van der Waals surface area contributed by atoms with Gasteiger partial charge < -0.3 is 11.1 Å². The Labute approximate surface area is 149 Å². The van der Waals surface area contributed by atoms with Crippen molar-refractivity contribution < 1.29 is 0 Å². The number of hydrogen-bond donors (Lipinski definition) is 2. The zero-order valence-electron chi connectivity index (χ0n) is 13.0. The first-order valence-corrected chi connectivity index (χ1v) is 8.40. The Balaban J connectivity index is 0.00000220. The van der Waals surface area contributed by atoms with Crippen LogP contribution in [0.5, 0.6) is 0 Å². The van der Waals surface area contributed by atoms with Gasteiger partial charge in [0.2, 0.25) is 0 Å². The number of nitrogens with one attached hydrogen (secondary N) is 1. The molecule has 0 aromatic carbocycles. The summed E-state index contributed by atoms with van der Waals surface area (Å²) in [5.74, 6) is 0.569. The van der Waals surface area contributed by atoms with E-state index >= 15 is 0 Å². The summed E-state index contributed by atoms with van der Waals surface area (Å²) in [7, 11) is 0. The largest absolute Gasteiger partial charge is 0.370 e. The van der Waals surface area contributed by atoms with E-state index < -0.39 is 0 Å². The number of thiophene rings is 1. The van der Waals surface area contributed by atoms with Gasteiger partial charge in [-0.05, 0) is 44.5 Å². The second kappa shape index (κ2) is 9.63. The zero-order valence-corrected chi connectivity index (χ0v) is 16.1. The summed E-state index contributed by atoms with van der Waals surface area (Å²) in [6.45, 7) is 8.33. The average Bonchev–Trinajstić information content (AvgIpc) is 3.11. The van der Waals surface area contributed by atoms with Gasteiger partial charge in [-0.15, -0.1) is 35.3 Å². The van der Waals surface area contributed by atoms with Crippen LogP contribution in [0.25, 0.3) is 0 Å². The summed E-state index contributed by atoms with van der Waals surface area (Å²) in [4.78, 5) is 9.62. The van der Waals surface area contributed by atoms with E-state index in [0.29, 0.717) is 18.5 Å². The lowest BCUT2D eigenvalue weighted by Crippen LogP contribution is -2.42. The van der Waals surface area contributed by atoms with Gasteiger partial charge in [0.1, 0.15) is 0 Å². The second-order valence-corrected chi connectivity index (χ2v) is 6.48. The Morgan fingerprint density at radius 1 is 1.43 bits per heavy atom. The number of nitrogens with zero attached hydrogens (tertiary/aromatic N) is 2. The van der Waals surface area contributed by atoms with Gasteiger partial charge in [-0.25, -0.2) is 4.99 Å². The monoisotopic (exact) mass is 422 g/mol. The fraction of sp³-hybridized carbons (Fsp3) is 0.667. The predicted molar refractivity (Wildman–Crippen MR) is 103 cm³/mol. The molecule has 3 N–H and O–H groups in total. The Bertz CT molecular complexity index is 447. The number of nitrogens with two attached hydrogens (primary N) is 1. The van der Waals surface area contributed by atoms with Crippen LogP contribution in [0.2, 0.25) is 0 Å². The number of likely N-dealkylation sites (tertiary alicyclic amines) is 1. The molecule has 1 aliphatic heterocycles. The minimum Gasteiger partial charge on any atom is -0.370 e. The molecule has 1 atom stereocenters. The quantitative estimate of drug-likeness (QED) is 0.421. The van der Waals surface area contributed by atoms with Crippen LogP contribution in [-0.2, 0) is 13.0 Å². The molecule has 1 fully saturated rings. The molecule has 0 bridgehead atoms. The summed E-state index contributed by atoms with van der Waals surface area (Å²) in [5.41, 5.74) is 5.95. The standard InChI is InChI=1S/C15H26N4S.HI/c1-3-13-7-8-14(20-13)11-18-15(16)17-10-12-6-5-9-19(12)4-2;/h7-8,12H,3-6,9-11H2,1-2H3,(H3,16,17,18);1H. The van der Waals surface area contributed by atoms with Crippen molar-refractivity contribution in [2.45, 2.75) is 45.7 Å². The fourth-order valence-electron chi connectivity index (χ4n) is 2.68. The molecule has 0 aliphatic carbocycles. The van der Waals surface area contributed by atoms with Crippen LogP contribution >= 0.6 is 35.3 Å². The molecule has 2 heterocycles. The summed E-state index contributed by atoms with van der Waals surface area (Å²) in [6, 6.07) is 4.94. The van der Waals surface area contributed by atoms with Crippen molar-refractivity contribution in [3.05, 3.63) is 21.9 Å². The smallest absolute Gasteiger partial charge is 0.189 e. The number of aryl methyl sites for hydroxylation is 1. The minimum atomic E-state index is 0. The Hall–Kier alpha value is -0.340. The summed E-state index contributed by atoms with van der Waals surface area (Å²) in [5, 5.41) is 3.27. The van der Waals surface area contributed by atoms with Crippen LogP contribution in [-0.4, -0.2) is 36.5 Å². The highest BCUT2D eigenvalue weighted by atomic mass is 127. The van der Waals surface area contributed by atoms with Crippen LogP contribution in [0, 0.1) is 0 Å². The third-order valence-electron chi connectivity index (χ3n) is 3.90. The van der Waals surface area contributed by atoms with Gasteiger partial charge in [0, 0.05) is 22.3 Å². The number of hydrogen-bond acceptors (Lipinski definition) is 3. The van der Waals surface area contributed by atoms with Crippen LogP contribution in [0.1, 0.15) is 36.4 Å². The molecular formula is C15H27IN4S. The predicted octanol–water partition coefficient (Wildman–Crippen LogP) is 2.82. The average molecular weight is 422 g/mol. The number of guanidine groups is 1. The molecule has 0 radical (unpaired) electrons. The van der Waals surface area contributed by atoms with E-state index in [4.69, 9.17) is 5.73 Å². The van der Waals surface area contributed by atoms with E-state index in [0.717, 1.165) is 19.5 Å². The van der Waals surface area contributed by atoms with E-state index in [1.165, 1.54) is 29.1 Å². The molecule has 1 unspecified atom stereocenters. The molecule has 2 rings (SSSR count). The molecule has 1 aromatic heterocycles. The lowest BCUT2D eigenvalue weighted by atomic mass is 10.2. The molecule has 6 heteroatoms. The molecule has 4 nitrogen and oxygen atoms in total. The highest BCUT2D eigenvalue weighted by Crippen LogP contribution is 2.17. The molecule has 0 saturated carbocycles. The van der Waals surface area contributed by atoms with Crippen molar-refractivity contribution in [2.75, 3.05) is 19.6 Å². The van der Waals surface area contributed by atoms with E-state index in [-0.39, 0.29) is 24.0 Å². The number of likely N-dealkylation sites (N-methyl/N-ethyl adjacent to an activating group) is 1. The molecular weight excluding hydrogens is 395 g/mol. The van der Waals surface area contributed by atoms with Crippen molar-refractivity contribution in [2.24, 2.45) is 10.7 Å². The fourth-order valence-corrected chi connectivity index (χ4v) is 3.56. The maximum absolute atomic E-state index is 5.95. The van der Waals surface area contributed by atoms with E-state index in [1.807, 2.05) is 11.3 Å². The number of rotatable bonds is 6. The second-order valence-electron chi connectivity index (χ2n) is 5.23. The first-order chi connectivity index (χ1) is 9.72. The first-order valence-electron chi connectivity index (χ1n) is 7.58. The summed E-state index contributed by atoms with van der Waals surface area (Å²) < 4.78 is 0. The summed E-state index contributed by atoms with van der Waals surface area (Å²) >= 11 is 1.82. The van der Waals surface area contributed by atoms with Gasteiger partial charge in [-0.1, -0.05) is 13.8 Å². The van der Waals surface area contributed by atoms with Crippen LogP contribution < -0.4 is 11.1 Å². The van der Waals surface area contributed by atoms with Gasteiger partial charge in [-0.2, -0.15) is 0 Å². The maximum Gasteiger partial charge on any atom is 0.189 e. The van der Waals surface area contributed by atoms with Crippen LogP contribution in [0.15, 0.2) is 17.1 Å². The van der Waals surface area contributed by atoms with Crippen molar-refractivity contribution in [3.63, 3.8) is 0 Å². The SMILES string of the molecule is CCc1ccc(CN=C(N)NCC2CCCN2CC)s1.I. The molecule has 0 amide bonds. The third-order valence-corrected chi connectivity index (χ3v) is 5.11. The molecule has 120 valence electrons. The van der Waals surface area contributed by atoms with Gasteiger partial charge in [0.05, 0.1) is 6.54 Å². The Morgan fingerprint density at radius 2 is 2.19 bits per heavy atom. The molecule has 21 heavy (non-hydrogen) atoms. The van der Waals surface area contributed by atoms with Crippen molar-refractivity contribution in [3.8, 4) is 0 Å². The van der Waals surface area contributed by atoms with E-state index in [2.05, 4.69) is 41.2 Å². The maximum atomic E-state index is 5.95. The Kier molecular flexibility index (Phi) is 8.58. The van der Waals surface area contributed by atoms with Gasteiger partial charge in [0.25, 0.3) is 0 Å². The molecule has 0 spiro atoms. The van der Waals surface area contributed by atoms with Crippen molar-refractivity contribution in [1.29, 1.82) is 0 Å². The van der Waals surface area contributed by atoms with Crippen molar-refractivity contribution >= 4 is 41.3 Å². The lowest BCUT2D eigenvalue weighted by molar-refractivity contribution is 0.267. The first kappa shape index (κ1) is 18.7. The zero-order chi connectivity index (χ0) is 14.4. The third kappa shape index (κ3) is 5.75. The highest BCUT2D eigenvalue weighted by Gasteiger charge is 2.22. The van der Waals surface area contributed by atoms with E-state index in [9.17, 15) is 0 Å². The van der Waals surface area contributed by atoms with Crippen molar-refractivity contribution in [1.82, 2.24) is 10.2 Å². The molecule has 1 saturated heterocycles. The number of aliphatic imine (C=N–C) groups is 1. The normalized spacial score (nSPS) is 19.5. The topological polar surface area (TPSA) is 53.6 Å². The van der Waals surface area contributed by atoms with Crippen LogP contribution in [0.3, 0.4) is 0 Å². The van der Waals surface area contributed by atoms with Crippen LogP contribution in [0.4, 0.5) is 0 Å². The highest BCUT2D eigenvalue weighted by molar-refractivity contribution is 14.0. The van der Waals surface area contributed by atoms with E-state index in [1.54, 1.807) is 0 Å². The minimum absolute atomic E-state index is 0. The van der Waals surface area contributed by atoms with Gasteiger partial charge in [-0.3, -0.25) is 4.90 Å². The molecule has 1 aliphatic rings.